The van der Waals surface area contributed by atoms with Crippen LogP contribution in [-0.2, 0) is 25.7 Å². The Kier molecular flexibility index (Phi) is 10.9. The number of benzene rings is 3. The number of rotatable bonds is 10. The Morgan fingerprint density at radius 3 is 2.40 bits per heavy atom. The number of anilines is 2. The fourth-order valence-electron chi connectivity index (χ4n) is 5.46. The monoisotopic (exact) mass is 661 g/mol. The molecule has 0 fully saturated rings. The first-order chi connectivity index (χ1) is 22.7. The molecule has 0 bridgehead atoms. The standard InChI is InChI=1S/C35H43N5O8/c1-21(38(5)34(46)48-35(2,3)4)31(42)37-26-20-39(30(41)12-9-17-36)27-10-7-8-11-28(27)40(32(26)43)19-25-24-15-13-23(33(44)45)18-22(24)14-16-29(25)47-6/h7-8,10-11,13-16,18,21,26H,9,12,17,19-20,36H2,1-6H3,(H,37,42)(H,44,45)/t21?,26-/m0/s1. The number of hydrogen-bond acceptors (Lipinski definition) is 8. The molecule has 0 spiro atoms. The molecule has 1 heterocycles. The van der Waals surface area contributed by atoms with Crippen LogP contribution in [0.4, 0.5) is 16.2 Å². The van der Waals surface area contributed by atoms with E-state index in [1.165, 1.54) is 36.9 Å². The van der Waals surface area contributed by atoms with E-state index in [0.717, 1.165) is 4.90 Å². The second kappa shape index (κ2) is 14.7. The zero-order valence-corrected chi connectivity index (χ0v) is 28.1. The number of likely N-dealkylation sites (N-methyl/N-ethyl adjacent to an activating group) is 1. The molecule has 0 saturated carbocycles. The molecule has 4 rings (SSSR count). The van der Waals surface area contributed by atoms with E-state index < -0.39 is 41.6 Å². The van der Waals surface area contributed by atoms with Crippen molar-refractivity contribution in [1.82, 2.24) is 10.2 Å². The van der Waals surface area contributed by atoms with Gasteiger partial charge in [0, 0.05) is 19.0 Å². The highest BCUT2D eigenvalue weighted by Gasteiger charge is 2.38. The minimum Gasteiger partial charge on any atom is -0.496 e. The van der Waals surface area contributed by atoms with Gasteiger partial charge in [0.15, 0.2) is 0 Å². The van der Waals surface area contributed by atoms with Crippen LogP contribution in [0.25, 0.3) is 10.8 Å². The number of nitrogens with one attached hydrogen (secondary N) is 1. The van der Waals surface area contributed by atoms with E-state index >= 15 is 0 Å². The third kappa shape index (κ3) is 7.85. The second-order valence-corrected chi connectivity index (χ2v) is 12.6. The van der Waals surface area contributed by atoms with Crippen molar-refractivity contribution >= 4 is 51.9 Å². The first-order valence-electron chi connectivity index (χ1n) is 15.7. The van der Waals surface area contributed by atoms with Crippen LogP contribution in [0.15, 0.2) is 54.6 Å². The first kappa shape index (κ1) is 35.7. The van der Waals surface area contributed by atoms with Gasteiger partial charge in [-0.25, -0.2) is 9.59 Å². The Morgan fingerprint density at radius 1 is 1.08 bits per heavy atom. The van der Waals surface area contributed by atoms with Gasteiger partial charge in [-0.3, -0.25) is 19.3 Å². The number of nitrogens with zero attached hydrogens (tertiary/aromatic N) is 3. The summed E-state index contributed by atoms with van der Waals surface area (Å²) in [5.41, 5.74) is 6.52. The third-order valence-electron chi connectivity index (χ3n) is 8.12. The molecule has 13 heteroatoms. The molecule has 3 aromatic carbocycles. The number of nitrogens with two attached hydrogens (primary N) is 1. The summed E-state index contributed by atoms with van der Waals surface area (Å²) in [5.74, 6) is -2.01. The van der Waals surface area contributed by atoms with Crippen molar-refractivity contribution in [1.29, 1.82) is 0 Å². The molecule has 1 unspecified atom stereocenters. The molecule has 0 aliphatic carbocycles. The molecule has 1 aliphatic rings. The van der Waals surface area contributed by atoms with Gasteiger partial charge < -0.3 is 35.4 Å². The van der Waals surface area contributed by atoms with E-state index in [2.05, 4.69) is 5.32 Å². The van der Waals surface area contributed by atoms with E-state index in [4.69, 9.17) is 15.2 Å². The molecule has 3 aromatic rings. The highest BCUT2D eigenvalue weighted by atomic mass is 16.6. The van der Waals surface area contributed by atoms with Gasteiger partial charge >= 0.3 is 12.1 Å². The van der Waals surface area contributed by atoms with E-state index in [0.29, 0.717) is 46.4 Å². The SMILES string of the molecule is COc1ccc2cc(C(=O)O)ccc2c1CN1C(=O)[C@@H](NC(=O)C(C)N(C)C(=O)OC(C)(C)C)CN(C(=O)CCCN)c2ccccc21. The van der Waals surface area contributed by atoms with Crippen molar-refractivity contribution in [3.8, 4) is 5.75 Å². The van der Waals surface area contributed by atoms with E-state index in [9.17, 15) is 29.1 Å². The van der Waals surface area contributed by atoms with E-state index in [1.54, 1.807) is 69.3 Å². The zero-order valence-electron chi connectivity index (χ0n) is 28.1. The summed E-state index contributed by atoms with van der Waals surface area (Å²) in [4.78, 5) is 70.3. The average Bonchev–Trinajstić information content (AvgIpc) is 3.16. The maximum absolute atomic E-state index is 14.6. The Labute approximate surface area is 279 Å². The number of carboxylic acid groups (broad SMARTS) is 1. The number of amides is 4. The minimum atomic E-state index is -1.21. The molecule has 4 N–H and O–H groups in total. The molecular formula is C35H43N5O8. The fraction of sp³-hybridized carbons (Fsp3) is 0.400. The molecule has 4 amide bonds. The molecule has 13 nitrogen and oxygen atoms in total. The van der Waals surface area contributed by atoms with Crippen LogP contribution >= 0.6 is 0 Å². The quantitative estimate of drug-likeness (QED) is 0.291. The number of methoxy groups -OCH3 is 1. The van der Waals surface area contributed by atoms with Gasteiger partial charge in [0.25, 0.3) is 5.91 Å². The van der Waals surface area contributed by atoms with Crippen LogP contribution in [-0.4, -0.2) is 84.7 Å². The highest BCUT2D eigenvalue weighted by molar-refractivity contribution is 6.08. The Morgan fingerprint density at radius 2 is 1.77 bits per heavy atom. The molecule has 256 valence electrons. The predicted octanol–water partition coefficient (Wildman–Crippen LogP) is 3.91. The van der Waals surface area contributed by atoms with E-state index in [-0.39, 0.29) is 31.0 Å². The lowest BCUT2D eigenvalue weighted by Crippen LogP contribution is -2.57. The number of carbonyl (C=O) groups is 5. The molecule has 0 radical (unpaired) electrons. The topological polar surface area (TPSA) is 172 Å². The van der Waals surface area contributed by atoms with Crippen LogP contribution in [0.5, 0.6) is 5.75 Å². The summed E-state index contributed by atoms with van der Waals surface area (Å²) < 4.78 is 11.1. The van der Waals surface area contributed by atoms with Crippen molar-refractivity contribution in [2.75, 3.05) is 37.0 Å². The zero-order chi connectivity index (χ0) is 35.3. The summed E-state index contributed by atoms with van der Waals surface area (Å²) in [6.07, 6.45) is -0.158. The van der Waals surface area contributed by atoms with Crippen LogP contribution in [0.1, 0.15) is 56.5 Å². The van der Waals surface area contributed by atoms with Gasteiger partial charge in [-0.1, -0.05) is 24.3 Å². The Balaban J connectivity index is 1.79. The minimum absolute atomic E-state index is 0.0344. The number of hydrogen-bond donors (Lipinski definition) is 3. The maximum Gasteiger partial charge on any atom is 0.410 e. The van der Waals surface area contributed by atoms with Crippen molar-refractivity contribution in [2.24, 2.45) is 5.73 Å². The molecular weight excluding hydrogens is 618 g/mol. The number of para-hydroxylation sites is 2. The lowest BCUT2D eigenvalue weighted by Gasteiger charge is -2.30. The van der Waals surface area contributed by atoms with Gasteiger partial charge in [0.05, 0.1) is 37.1 Å². The number of carbonyl (C=O) groups excluding carboxylic acids is 4. The van der Waals surface area contributed by atoms with Gasteiger partial charge in [0.2, 0.25) is 11.8 Å². The fourth-order valence-corrected chi connectivity index (χ4v) is 5.46. The van der Waals surface area contributed by atoms with Crippen LogP contribution in [0, 0.1) is 0 Å². The van der Waals surface area contributed by atoms with Crippen molar-refractivity contribution in [3.05, 3.63) is 65.7 Å². The van der Waals surface area contributed by atoms with Crippen molar-refractivity contribution in [2.45, 2.75) is 64.8 Å². The molecule has 0 aromatic heterocycles. The Hall–Kier alpha value is -5.17. The van der Waals surface area contributed by atoms with Gasteiger partial charge in [0.1, 0.15) is 23.4 Å². The number of carboxylic acids is 1. The van der Waals surface area contributed by atoms with Gasteiger partial charge in [-0.2, -0.15) is 0 Å². The lowest BCUT2D eigenvalue weighted by atomic mass is 10.00. The molecule has 48 heavy (non-hydrogen) atoms. The normalized spacial score (nSPS) is 15.3. The number of aromatic carboxylic acids is 1. The first-order valence-corrected chi connectivity index (χ1v) is 15.7. The van der Waals surface area contributed by atoms with Gasteiger partial charge in [-0.15, -0.1) is 0 Å². The summed E-state index contributed by atoms with van der Waals surface area (Å²) >= 11 is 0. The van der Waals surface area contributed by atoms with E-state index in [1.807, 2.05) is 0 Å². The summed E-state index contributed by atoms with van der Waals surface area (Å²) in [7, 11) is 2.93. The largest absolute Gasteiger partial charge is 0.496 e. The van der Waals surface area contributed by atoms with Crippen LogP contribution < -0.4 is 25.6 Å². The van der Waals surface area contributed by atoms with Gasteiger partial charge in [-0.05, 0) is 81.8 Å². The number of ether oxygens (including phenoxy) is 2. The third-order valence-corrected chi connectivity index (χ3v) is 8.12. The molecule has 2 atom stereocenters. The molecule has 0 saturated heterocycles. The van der Waals surface area contributed by atoms with Crippen LogP contribution in [0.2, 0.25) is 0 Å². The smallest absolute Gasteiger partial charge is 0.410 e. The average molecular weight is 662 g/mol. The summed E-state index contributed by atoms with van der Waals surface area (Å²) in [6.45, 7) is 6.76. The lowest BCUT2D eigenvalue weighted by molar-refractivity contribution is -0.130. The summed E-state index contributed by atoms with van der Waals surface area (Å²) in [5, 5.41) is 13.6. The number of fused-ring (bicyclic) bond motifs is 2. The highest BCUT2D eigenvalue weighted by Crippen LogP contribution is 2.37. The second-order valence-electron chi connectivity index (χ2n) is 12.6. The molecule has 1 aliphatic heterocycles. The Bertz CT molecular complexity index is 1720. The summed E-state index contributed by atoms with van der Waals surface area (Å²) in [6, 6.07) is 12.9. The maximum atomic E-state index is 14.6. The predicted molar refractivity (Wildman–Crippen MR) is 181 cm³/mol. The van der Waals surface area contributed by atoms with Crippen molar-refractivity contribution < 1.29 is 38.6 Å². The van der Waals surface area contributed by atoms with Crippen molar-refractivity contribution in [3.63, 3.8) is 0 Å². The van der Waals surface area contributed by atoms with Crippen LogP contribution in [0.3, 0.4) is 0 Å².